The third kappa shape index (κ3) is 5.58. The number of allylic oxidation sites excluding steroid dienone is 2. The molecule has 0 N–H and O–H groups in total. The Kier molecular flexibility index (Phi) is 9.49. The topological polar surface area (TPSA) is 0 Å². The van der Waals surface area contributed by atoms with Crippen molar-refractivity contribution in [2.24, 2.45) is 0 Å². The van der Waals surface area contributed by atoms with Crippen molar-refractivity contribution in [3.05, 3.63) is 24.0 Å². The molecule has 1 aliphatic rings. The second-order valence-corrected chi connectivity index (χ2v) is 5.38. The molecule has 0 bridgehead atoms. The highest BCUT2D eigenvalue weighted by molar-refractivity contribution is 5.19. The van der Waals surface area contributed by atoms with Crippen molar-refractivity contribution in [2.45, 2.75) is 65.7 Å². The molecule has 1 rings (SSSR count). The fourth-order valence-corrected chi connectivity index (χ4v) is 2.48. The first-order valence-electron chi connectivity index (χ1n) is 7.53. The van der Waals surface area contributed by atoms with Gasteiger partial charge in [0, 0.05) is 11.6 Å². The van der Waals surface area contributed by atoms with Gasteiger partial charge in [-0.2, -0.15) is 0 Å². The molecule has 0 aromatic heterocycles. The van der Waals surface area contributed by atoms with Gasteiger partial charge < -0.3 is 12.4 Å². The van der Waals surface area contributed by atoms with Gasteiger partial charge in [0.1, 0.15) is 12.4 Å². The summed E-state index contributed by atoms with van der Waals surface area (Å²) >= 11 is 0. The second-order valence-electron chi connectivity index (χ2n) is 5.38. The first kappa shape index (κ1) is 17.7. The van der Waals surface area contributed by atoms with Crippen molar-refractivity contribution >= 4 is 0 Å². The van der Waals surface area contributed by atoms with Gasteiger partial charge in [0.05, 0.1) is 13.1 Å². The van der Waals surface area contributed by atoms with E-state index in [0.29, 0.717) is 0 Å². The molecule has 0 saturated heterocycles. The smallest absolute Gasteiger partial charge is 0.104 e. The first-order valence-corrected chi connectivity index (χ1v) is 7.53. The Morgan fingerprint density at radius 1 is 0.889 bits per heavy atom. The summed E-state index contributed by atoms with van der Waals surface area (Å²) in [6, 6.07) is 0. The molecule has 106 valence electrons. The molecule has 0 saturated carbocycles. The van der Waals surface area contributed by atoms with Gasteiger partial charge in [-0.05, 0) is 25.7 Å². The van der Waals surface area contributed by atoms with Crippen LogP contribution in [0.5, 0.6) is 0 Å². The van der Waals surface area contributed by atoms with Gasteiger partial charge >= 0.3 is 0 Å². The van der Waals surface area contributed by atoms with E-state index in [1.165, 1.54) is 58.0 Å². The van der Waals surface area contributed by atoms with Crippen LogP contribution in [0.4, 0.5) is 0 Å². The summed E-state index contributed by atoms with van der Waals surface area (Å²) in [6.45, 7) is 9.44. The van der Waals surface area contributed by atoms with E-state index in [0.717, 1.165) is 4.48 Å². The van der Waals surface area contributed by atoms with Crippen molar-refractivity contribution in [1.29, 1.82) is 0 Å². The minimum atomic E-state index is 0. The number of nitrogens with zero attached hydrogens (tertiary/aromatic N) is 1. The van der Waals surface area contributed by atoms with E-state index in [1.807, 2.05) is 0 Å². The van der Waals surface area contributed by atoms with Crippen LogP contribution < -0.4 is 12.4 Å². The quantitative estimate of drug-likeness (QED) is 0.563. The number of hydrogen-bond donors (Lipinski definition) is 0. The minimum Gasteiger partial charge on any atom is -1.00 e. The van der Waals surface area contributed by atoms with Crippen LogP contribution >= 0.6 is 0 Å². The van der Waals surface area contributed by atoms with Gasteiger partial charge in [-0.15, -0.1) is 0 Å². The van der Waals surface area contributed by atoms with Crippen LogP contribution in [0.25, 0.3) is 0 Å². The van der Waals surface area contributed by atoms with Crippen LogP contribution in [0.2, 0.25) is 0 Å². The predicted octanol–water partition coefficient (Wildman–Crippen LogP) is 2.01. The second kappa shape index (κ2) is 9.63. The molecule has 18 heavy (non-hydrogen) atoms. The third-order valence-corrected chi connectivity index (χ3v) is 3.68. The molecule has 1 heterocycles. The number of unbranched alkanes of at least 4 members (excludes halogenated alkanes) is 3. The van der Waals surface area contributed by atoms with Crippen molar-refractivity contribution in [3.8, 4) is 0 Å². The van der Waals surface area contributed by atoms with E-state index in [-0.39, 0.29) is 12.4 Å². The number of halogens is 1. The highest BCUT2D eigenvalue weighted by Gasteiger charge is 2.26. The number of hydrogen-bond acceptors (Lipinski definition) is 0. The molecule has 0 unspecified atom stereocenters. The maximum absolute atomic E-state index is 2.53. The Hall–Kier alpha value is -0.270. The fraction of sp³-hybridized carbons (Fsp3) is 0.750. The van der Waals surface area contributed by atoms with Crippen LogP contribution in [0.1, 0.15) is 65.7 Å². The van der Waals surface area contributed by atoms with Gasteiger partial charge in [0.15, 0.2) is 0 Å². The summed E-state index contributed by atoms with van der Waals surface area (Å²) < 4.78 is 1.13. The summed E-state index contributed by atoms with van der Waals surface area (Å²) in [4.78, 5) is 0. The van der Waals surface area contributed by atoms with Crippen LogP contribution in [0, 0.1) is 0 Å². The molecule has 0 fully saturated rings. The molecule has 0 aromatic carbocycles. The maximum Gasteiger partial charge on any atom is 0.104 e. The van der Waals surface area contributed by atoms with Crippen molar-refractivity contribution in [1.82, 2.24) is 0 Å². The number of rotatable bonds is 9. The molecular formula is C16H30ClN. The zero-order valence-corrected chi connectivity index (χ0v) is 13.2. The largest absolute Gasteiger partial charge is 1.00 e. The monoisotopic (exact) mass is 271 g/mol. The lowest BCUT2D eigenvalue weighted by atomic mass is 10.1. The summed E-state index contributed by atoms with van der Waals surface area (Å²) in [7, 11) is 0. The molecule has 1 aliphatic heterocycles. The standard InChI is InChI=1S/C16H30N.ClH/c1-4-7-10-16-11-14-17(15-16,12-8-5-2)13-9-6-3;/h11,14-15H,4-10,12-13H2,1-3H3;1H/q+1;/p-1. The van der Waals surface area contributed by atoms with Gasteiger partial charge in [-0.1, -0.05) is 40.0 Å². The first-order chi connectivity index (χ1) is 8.26. The third-order valence-electron chi connectivity index (χ3n) is 3.68. The Morgan fingerprint density at radius 3 is 1.94 bits per heavy atom. The van der Waals surface area contributed by atoms with Gasteiger partial charge in [-0.25, -0.2) is 0 Å². The van der Waals surface area contributed by atoms with Crippen LogP contribution in [0.3, 0.4) is 0 Å². The molecule has 0 amide bonds. The minimum absolute atomic E-state index is 0. The SMILES string of the molecule is CCCCC1=C[N+](CCCC)(CCCC)C=C1.[Cl-]. The number of quaternary nitrogens is 1. The maximum atomic E-state index is 2.53. The van der Waals surface area contributed by atoms with E-state index in [1.54, 1.807) is 5.57 Å². The molecule has 2 heteroatoms. The lowest BCUT2D eigenvalue weighted by molar-refractivity contribution is -0.826. The summed E-state index contributed by atoms with van der Waals surface area (Å²) in [6.07, 6.45) is 16.5. The molecule has 0 atom stereocenters. The molecule has 0 spiro atoms. The highest BCUT2D eigenvalue weighted by Crippen LogP contribution is 2.26. The molecule has 0 aliphatic carbocycles. The van der Waals surface area contributed by atoms with Crippen molar-refractivity contribution < 1.29 is 16.9 Å². The lowest BCUT2D eigenvalue weighted by Gasteiger charge is -2.29. The van der Waals surface area contributed by atoms with Crippen molar-refractivity contribution in [3.63, 3.8) is 0 Å². The van der Waals surface area contributed by atoms with Crippen LogP contribution in [-0.4, -0.2) is 17.6 Å². The Balaban J connectivity index is 0.00000289. The predicted molar refractivity (Wildman–Crippen MR) is 76.6 cm³/mol. The normalized spacial score (nSPS) is 16.5. The zero-order chi connectivity index (χ0) is 12.6. The van der Waals surface area contributed by atoms with E-state index < -0.39 is 0 Å². The fourth-order valence-electron chi connectivity index (χ4n) is 2.48. The zero-order valence-electron chi connectivity index (χ0n) is 12.4. The molecule has 0 radical (unpaired) electrons. The van der Waals surface area contributed by atoms with E-state index in [9.17, 15) is 0 Å². The van der Waals surface area contributed by atoms with E-state index in [4.69, 9.17) is 0 Å². The van der Waals surface area contributed by atoms with Crippen LogP contribution in [-0.2, 0) is 0 Å². The Morgan fingerprint density at radius 2 is 1.44 bits per heavy atom. The molecule has 0 aromatic rings. The summed E-state index contributed by atoms with van der Waals surface area (Å²) in [5.74, 6) is 0. The van der Waals surface area contributed by atoms with Crippen molar-refractivity contribution in [2.75, 3.05) is 13.1 Å². The highest BCUT2D eigenvalue weighted by atomic mass is 35.5. The van der Waals surface area contributed by atoms with Gasteiger partial charge in [0.25, 0.3) is 0 Å². The Bertz CT molecular complexity index is 260. The van der Waals surface area contributed by atoms with Gasteiger partial charge in [-0.3, -0.25) is 4.48 Å². The lowest BCUT2D eigenvalue weighted by Crippen LogP contribution is -3.00. The summed E-state index contributed by atoms with van der Waals surface area (Å²) in [5, 5.41) is 0. The van der Waals surface area contributed by atoms with E-state index in [2.05, 4.69) is 39.2 Å². The average molecular weight is 272 g/mol. The van der Waals surface area contributed by atoms with Crippen LogP contribution in [0.15, 0.2) is 24.0 Å². The average Bonchev–Trinajstić information content (AvgIpc) is 2.76. The molecule has 1 nitrogen and oxygen atoms in total. The Labute approximate surface area is 120 Å². The van der Waals surface area contributed by atoms with Gasteiger partial charge in [0.2, 0.25) is 0 Å². The molecular weight excluding hydrogens is 242 g/mol. The summed E-state index contributed by atoms with van der Waals surface area (Å²) in [5.41, 5.74) is 1.57. The van der Waals surface area contributed by atoms with E-state index >= 15 is 0 Å².